The normalized spacial score (nSPS) is 21.6. The Hall–Kier alpha value is -1.79. The second-order valence-electron chi connectivity index (χ2n) is 5.46. The Bertz CT molecular complexity index is 680. The number of aryl methyl sites for hydroxylation is 1. The van der Waals surface area contributed by atoms with Gasteiger partial charge in [0.2, 0.25) is 0 Å². The van der Waals surface area contributed by atoms with Crippen LogP contribution in [0.4, 0.5) is 0 Å². The molecule has 3 heteroatoms. The van der Waals surface area contributed by atoms with E-state index in [-0.39, 0.29) is 0 Å². The molecule has 1 aliphatic rings. The summed E-state index contributed by atoms with van der Waals surface area (Å²) in [4.78, 5) is 3.51. The molecule has 2 heterocycles. The lowest BCUT2D eigenvalue weighted by Gasteiger charge is -2.31. The minimum absolute atomic E-state index is 0.629. The number of hydrogen-bond donors (Lipinski definition) is 1. The number of H-pyrrole nitrogens is 1. The van der Waals surface area contributed by atoms with Gasteiger partial charge in [-0.2, -0.15) is 5.26 Å². The van der Waals surface area contributed by atoms with Crippen molar-refractivity contribution in [3.05, 3.63) is 35.0 Å². The number of para-hydroxylation sites is 1. The van der Waals surface area contributed by atoms with Crippen molar-refractivity contribution in [2.24, 2.45) is 0 Å². The Kier molecular flexibility index (Phi) is 3.27. The molecular formula is C17H20N2O. The van der Waals surface area contributed by atoms with Crippen molar-refractivity contribution in [1.82, 2.24) is 4.98 Å². The molecular weight excluding hydrogens is 248 g/mol. The maximum atomic E-state index is 9.68. The summed E-state index contributed by atoms with van der Waals surface area (Å²) in [6.07, 6.45) is 3.55. The summed E-state index contributed by atoms with van der Waals surface area (Å²) in [6.45, 7) is 4.88. The third kappa shape index (κ3) is 1.76. The number of rotatable bonds is 3. The van der Waals surface area contributed by atoms with Gasteiger partial charge in [-0.3, -0.25) is 0 Å². The van der Waals surface area contributed by atoms with Gasteiger partial charge in [-0.15, -0.1) is 0 Å². The molecule has 0 saturated heterocycles. The van der Waals surface area contributed by atoms with Gasteiger partial charge in [-0.25, -0.2) is 0 Å². The first-order valence-electron chi connectivity index (χ1n) is 7.44. The summed E-state index contributed by atoms with van der Waals surface area (Å²) >= 11 is 0. The Morgan fingerprint density at radius 2 is 2.25 bits per heavy atom. The van der Waals surface area contributed by atoms with Crippen molar-refractivity contribution in [3.63, 3.8) is 0 Å². The summed E-state index contributed by atoms with van der Waals surface area (Å²) in [5.41, 5.74) is 3.97. The minimum Gasteiger partial charge on any atom is -0.355 e. The first-order chi connectivity index (χ1) is 9.75. The number of nitriles is 1. The third-order valence-electron chi connectivity index (χ3n) is 4.30. The molecule has 20 heavy (non-hydrogen) atoms. The Morgan fingerprint density at radius 1 is 1.40 bits per heavy atom. The van der Waals surface area contributed by atoms with Gasteiger partial charge in [0, 0.05) is 10.9 Å². The average molecular weight is 268 g/mol. The van der Waals surface area contributed by atoms with Gasteiger partial charge in [0.05, 0.1) is 12.3 Å². The first kappa shape index (κ1) is 13.2. The second kappa shape index (κ2) is 4.96. The van der Waals surface area contributed by atoms with Crippen LogP contribution < -0.4 is 0 Å². The van der Waals surface area contributed by atoms with Gasteiger partial charge in [-0.1, -0.05) is 38.5 Å². The van der Waals surface area contributed by atoms with E-state index in [2.05, 4.69) is 43.1 Å². The van der Waals surface area contributed by atoms with Crippen LogP contribution in [0.5, 0.6) is 0 Å². The van der Waals surface area contributed by atoms with E-state index in [1.807, 2.05) is 0 Å². The van der Waals surface area contributed by atoms with Crippen molar-refractivity contribution in [2.45, 2.75) is 45.1 Å². The number of nitrogens with zero attached hydrogens (tertiary/aromatic N) is 1. The van der Waals surface area contributed by atoms with Crippen LogP contribution in [0.15, 0.2) is 18.2 Å². The molecule has 0 radical (unpaired) electrons. The molecule has 1 aromatic carbocycles. The zero-order valence-corrected chi connectivity index (χ0v) is 12.1. The summed E-state index contributed by atoms with van der Waals surface area (Å²) in [7, 11) is 0. The molecule has 0 spiro atoms. The molecule has 0 saturated carbocycles. The molecule has 3 nitrogen and oxygen atoms in total. The molecule has 104 valence electrons. The van der Waals surface area contributed by atoms with Crippen molar-refractivity contribution in [3.8, 4) is 6.07 Å². The van der Waals surface area contributed by atoms with Gasteiger partial charge in [-0.05, 0) is 30.4 Å². The van der Waals surface area contributed by atoms with E-state index in [0.717, 1.165) is 31.4 Å². The van der Waals surface area contributed by atoms with Crippen LogP contribution in [-0.2, 0) is 23.2 Å². The monoisotopic (exact) mass is 268 g/mol. The largest absolute Gasteiger partial charge is 0.355 e. The lowest BCUT2D eigenvalue weighted by molar-refractivity contribution is -0.0252. The van der Waals surface area contributed by atoms with Gasteiger partial charge in [0.25, 0.3) is 0 Å². The molecule has 1 aromatic heterocycles. The molecule has 0 bridgehead atoms. The Balaban J connectivity index is 2.27. The fraction of sp³-hybridized carbons (Fsp3) is 0.471. The molecule has 1 aliphatic heterocycles. The minimum atomic E-state index is -0.785. The third-order valence-corrected chi connectivity index (χ3v) is 4.30. The van der Waals surface area contributed by atoms with E-state index in [1.165, 1.54) is 22.0 Å². The maximum Gasteiger partial charge on any atom is 0.194 e. The highest BCUT2D eigenvalue weighted by atomic mass is 16.5. The Labute approximate surface area is 119 Å². The first-order valence-corrected chi connectivity index (χ1v) is 7.44. The average Bonchev–Trinajstić information content (AvgIpc) is 2.87. The highest BCUT2D eigenvalue weighted by Crippen LogP contribution is 2.40. The number of nitrogens with one attached hydrogen (secondary N) is 1. The van der Waals surface area contributed by atoms with Crippen LogP contribution in [0.1, 0.15) is 43.5 Å². The van der Waals surface area contributed by atoms with Crippen molar-refractivity contribution < 1.29 is 4.74 Å². The van der Waals surface area contributed by atoms with Crippen molar-refractivity contribution in [1.29, 1.82) is 5.26 Å². The number of ether oxygens (including phenoxy) is 1. The fourth-order valence-corrected chi connectivity index (χ4v) is 3.33. The summed E-state index contributed by atoms with van der Waals surface area (Å²) in [5.74, 6) is 0. The summed E-state index contributed by atoms with van der Waals surface area (Å²) in [5, 5.41) is 10.9. The number of hydrogen-bond acceptors (Lipinski definition) is 2. The predicted molar refractivity (Wildman–Crippen MR) is 79.5 cm³/mol. The summed E-state index contributed by atoms with van der Waals surface area (Å²) < 4.78 is 5.89. The zero-order chi connectivity index (χ0) is 14.2. The van der Waals surface area contributed by atoms with E-state index >= 15 is 0 Å². The topological polar surface area (TPSA) is 48.8 Å². The van der Waals surface area contributed by atoms with Gasteiger partial charge in [0.1, 0.15) is 6.07 Å². The molecule has 1 atom stereocenters. The molecule has 0 fully saturated rings. The molecule has 0 amide bonds. The van der Waals surface area contributed by atoms with Crippen LogP contribution in [0.2, 0.25) is 0 Å². The number of aromatic nitrogens is 1. The molecule has 1 N–H and O–H groups in total. The Morgan fingerprint density at radius 3 is 2.95 bits per heavy atom. The molecule has 2 aromatic rings. The quantitative estimate of drug-likeness (QED) is 0.919. The van der Waals surface area contributed by atoms with Crippen LogP contribution >= 0.6 is 0 Å². The highest BCUT2D eigenvalue weighted by molar-refractivity contribution is 5.88. The van der Waals surface area contributed by atoms with Gasteiger partial charge in [0.15, 0.2) is 5.60 Å². The maximum absolute atomic E-state index is 9.68. The predicted octanol–water partition coefficient (Wildman–Crippen LogP) is 3.82. The molecule has 0 aliphatic carbocycles. The van der Waals surface area contributed by atoms with Crippen LogP contribution in [0.25, 0.3) is 10.9 Å². The van der Waals surface area contributed by atoms with Crippen molar-refractivity contribution in [2.75, 3.05) is 6.61 Å². The standard InChI is InChI=1S/C17H20N2O/c1-3-9-17(11-18)16-14(8-10-20-17)13-7-5-6-12(4-2)15(13)19-16/h5-7,19H,3-4,8-10H2,1-2H3. The van der Waals surface area contributed by atoms with Crippen LogP contribution in [0, 0.1) is 11.3 Å². The fourth-order valence-electron chi connectivity index (χ4n) is 3.33. The molecule has 3 rings (SSSR count). The van der Waals surface area contributed by atoms with Gasteiger partial charge < -0.3 is 9.72 Å². The van der Waals surface area contributed by atoms with Crippen LogP contribution in [0.3, 0.4) is 0 Å². The zero-order valence-electron chi connectivity index (χ0n) is 12.1. The van der Waals surface area contributed by atoms with Gasteiger partial charge >= 0.3 is 0 Å². The van der Waals surface area contributed by atoms with E-state index in [0.29, 0.717) is 6.61 Å². The van der Waals surface area contributed by atoms with Crippen LogP contribution in [-0.4, -0.2) is 11.6 Å². The number of benzene rings is 1. The lowest BCUT2D eigenvalue weighted by Crippen LogP contribution is -2.34. The van der Waals surface area contributed by atoms with E-state index in [1.54, 1.807) is 0 Å². The molecule has 1 unspecified atom stereocenters. The van der Waals surface area contributed by atoms with E-state index < -0.39 is 5.60 Å². The number of fused-ring (bicyclic) bond motifs is 3. The SMILES string of the molecule is CCCC1(C#N)OCCc2c1[nH]c1c(CC)cccc21. The van der Waals surface area contributed by atoms with Crippen molar-refractivity contribution >= 4 is 10.9 Å². The van der Waals surface area contributed by atoms with E-state index in [4.69, 9.17) is 4.74 Å². The highest BCUT2D eigenvalue weighted by Gasteiger charge is 2.40. The smallest absolute Gasteiger partial charge is 0.194 e. The van der Waals surface area contributed by atoms with E-state index in [9.17, 15) is 5.26 Å². The number of aromatic amines is 1. The lowest BCUT2D eigenvalue weighted by atomic mass is 9.88. The second-order valence-corrected chi connectivity index (χ2v) is 5.46. The summed E-state index contributed by atoms with van der Waals surface area (Å²) in [6, 6.07) is 8.84.